The first-order chi connectivity index (χ1) is 9.65. The molecule has 3 rings (SSSR count). The number of carbonyl (C=O) groups is 1. The van der Waals surface area contributed by atoms with Crippen LogP contribution in [0.4, 0.5) is 15.9 Å². The first kappa shape index (κ1) is 12.2. The third-order valence-electron chi connectivity index (χ3n) is 2.92. The average molecular weight is 270 g/mol. The van der Waals surface area contributed by atoms with E-state index in [0.717, 1.165) is 0 Å². The summed E-state index contributed by atoms with van der Waals surface area (Å²) < 4.78 is 13.7. The van der Waals surface area contributed by atoms with Gasteiger partial charge in [0.05, 0.1) is 0 Å². The highest BCUT2D eigenvalue weighted by Crippen LogP contribution is 2.25. The van der Waals surface area contributed by atoms with Crippen molar-refractivity contribution in [3.05, 3.63) is 53.8 Å². The van der Waals surface area contributed by atoms with Crippen LogP contribution in [0.15, 0.2) is 42.5 Å². The first-order valence-corrected chi connectivity index (χ1v) is 5.94. The van der Waals surface area contributed by atoms with Crippen molar-refractivity contribution >= 4 is 28.3 Å². The number of rotatable bonds is 2. The van der Waals surface area contributed by atoms with E-state index in [1.807, 2.05) is 6.07 Å². The van der Waals surface area contributed by atoms with E-state index in [0.29, 0.717) is 10.9 Å². The number of fused-ring (bicyclic) bond motifs is 1. The molecule has 6 heteroatoms. The number of hydrogen-bond donors (Lipinski definition) is 3. The number of amides is 1. The van der Waals surface area contributed by atoms with Gasteiger partial charge in [-0.05, 0) is 24.3 Å². The molecule has 0 fully saturated rings. The van der Waals surface area contributed by atoms with Crippen molar-refractivity contribution in [3.8, 4) is 0 Å². The van der Waals surface area contributed by atoms with Crippen LogP contribution in [0.2, 0.25) is 0 Å². The minimum Gasteiger partial charge on any atom is -0.399 e. The highest BCUT2D eigenvalue weighted by Gasteiger charge is 2.13. The van der Waals surface area contributed by atoms with Gasteiger partial charge in [0.25, 0.3) is 5.91 Å². The van der Waals surface area contributed by atoms with Crippen LogP contribution in [0.5, 0.6) is 0 Å². The van der Waals surface area contributed by atoms with Crippen molar-refractivity contribution in [1.29, 1.82) is 0 Å². The van der Waals surface area contributed by atoms with Gasteiger partial charge in [-0.25, -0.2) is 4.39 Å². The van der Waals surface area contributed by atoms with Gasteiger partial charge in [0.2, 0.25) is 0 Å². The van der Waals surface area contributed by atoms with E-state index in [-0.39, 0.29) is 22.9 Å². The number of nitrogens with two attached hydrogens (primary N) is 1. The Morgan fingerprint density at radius 2 is 2.00 bits per heavy atom. The molecule has 0 spiro atoms. The minimum absolute atomic E-state index is 0.211. The Morgan fingerprint density at radius 3 is 2.75 bits per heavy atom. The molecule has 0 bridgehead atoms. The Kier molecular flexibility index (Phi) is 2.83. The van der Waals surface area contributed by atoms with Crippen molar-refractivity contribution in [3.63, 3.8) is 0 Å². The number of nitrogens with one attached hydrogen (secondary N) is 2. The lowest BCUT2D eigenvalue weighted by Gasteiger charge is -2.03. The number of anilines is 2. The quantitative estimate of drug-likeness (QED) is 0.626. The van der Waals surface area contributed by atoms with Gasteiger partial charge in [0.15, 0.2) is 11.6 Å². The van der Waals surface area contributed by atoms with Gasteiger partial charge in [-0.2, -0.15) is 5.10 Å². The van der Waals surface area contributed by atoms with Crippen molar-refractivity contribution in [2.24, 2.45) is 0 Å². The number of aromatic amines is 1. The van der Waals surface area contributed by atoms with Crippen LogP contribution in [0.1, 0.15) is 10.4 Å². The largest absolute Gasteiger partial charge is 0.399 e. The molecule has 0 radical (unpaired) electrons. The lowest BCUT2D eigenvalue weighted by atomic mass is 10.2. The summed E-state index contributed by atoms with van der Waals surface area (Å²) >= 11 is 0. The Morgan fingerprint density at radius 1 is 1.25 bits per heavy atom. The van der Waals surface area contributed by atoms with Gasteiger partial charge >= 0.3 is 0 Å². The third kappa shape index (κ3) is 2.07. The molecule has 0 unspecified atom stereocenters. The van der Waals surface area contributed by atoms with Crippen LogP contribution in [0.3, 0.4) is 0 Å². The molecular weight excluding hydrogens is 259 g/mol. The van der Waals surface area contributed by atoms with E-state index in [9.17, 15) is 9.18 Å². The fourth-order valence-corrected chi connectivity index (χ4v) is 1.96. The van der Waals surface area contributed by atoms with E-state index >= 15 is 0 Å². The molecule has 0 aliphatic carbocycles. The van der Waals surface area contributed by atoms with Gasteiger partial charge in [-0.15, -0.1) is 0 Å². The van der Waals surface area contributed by atoms with Crippen LogP contribution in [0.25, 0.3) is 10.9 Å². The highest BCUT2D eigenvalue weighted by molar-refractivity contribution is 6.08. The molecule has 0 atom stereocenters. The summed E-state index contributed by atoms with van der Waals surface area (Å²) in [6.07, 6.45) is 0. The predicted molar refractivity (Wildman–Crippen MR) is 74.9 cm³/mol. The molecule has 0 saturated carbocycles. The average Bonchev–Trinajstić information content (AvgIpc) is 2.83. The van der Waals surface area contributed by atoms with Crippen molar-refractivity contribution in [1.82, 2.24) is 10.2 Å². The summed E-state index contributed by atoms with van der Waals surface area (Å²) in [6, 6.07) is 11.4. The molecule has 0 aliphatic heterocycles. The molecule has 3 aromatic rings. The second-order valence-corrected chi connectivity index (χ2v) is 4.32. The monoisotopic (exact) mass is 270 g/mol. The summed E-state index contributed by atoms with van der Waals surface area (Å²) in [4.78, 5) is 12.0. The molecular formula is C14H11FN4O. The number of hydrogen-bond acceptors (Lipinski definition) is 3. The van der Waals surface area contributed by atoms with Crippen LogP contribution in [0, 0.1) is 5.82 Å². The molecule has 0 aliphatic rings. The van der Waals surface area contributed by atoms with Gasteiger partial charge in [0.1, 0.15) is 5.52 Å². The number of nitrogen functional groups attached to an aromatic ring is 1. The van der Waals surface area contributed by atoms with E-state index in [1.54, 1.807) is 30.3 Å². The normalized spacial score (nSPS) is 10.7. The van der Waals surface area contributed by atoms with Crippen molar-refractivity contribution in [2.75, 3.05) is 11.1 Å². The maximum absolute atomic E-state index is 13.7. The van der Waals surface area contributed by atoms with Crippen LogP contribution in [-0.4, -0.2) is 16.1 Å². The van der Waals surface area contributed by atoms with Crippen molar-refractivity contribution in [2.45, 2.75) is 0 Å². The van der Waals surface area contributed by atoms with Gasteiger partial charge in [0, 0.05) is 16.6 Å². The Labute approximate surface area is 113 Å². The number of H-pyrrole nitrogens is 1. The molecule has 1 aromatic heterocycles. The third-order valence-corrected chi connectivity index (χ3v) is 2.92. The minimum atomic E-state index is -0.507. The van der Waals surface area contributed by atoms with E-state index in [4.69, 9.17) is 5.73 Å². The fourth-order valence-electron chi connectivity index (χ4n) is 1.96. The standard InChI is InChI=1S/C14H11FN4O/c15-11-7-9(16)6-10-12(11)18-19-13(10)17-14(20)8-4-2-1-3-5-8/h1-7H,16H2,(H2,17,18,19,20). The first-order valence-electron chi connectivity index (χ1n) is 5.94. The molecule has 4 N–H and O–H groups in total. The Balaban J connectivity index is 1.98. The molecule has 2 aromatic carbocycles. The van der Waals surface area contributed by atoms with E-state index < -0.39 is 5.82 Å². The fraction of sp³-hybridized carbons (Fsp3) is 0. The Bertz CT molecular complexity index is 782. The van der Waals surface area contributed by atoms with Crippen LogP contribution < -0.4 is 11.1 Å². The lowest BCUT2D eigenvalue weighted by molar-refractivity contribution is 0.102. The van der Waals surface area contributed by atoms with E-state index in [2.05, 4.69) is 15.5 Å². The van der Waals surface area contributed by atoms with Crippen LogP contribution >= 0.6 is 0 Å². The molecule has 5 nitrogen and oxygen atoms in total. The second kappa shape index (κ2) is 4.65. The smallest absolute Gasteiger partial charge is 0.256 e. The highest BCUT2D eigenvalue weighted by atomic mass is 19.1. The van der Waals surface area contributed by atoms with Gasteiger partial charge in [-0.1, -0.05) is 18.2 Å². The summed E-state index contributed by atoms with van der Waals surface area (Å²) in [6.45, 7) is 0. The zero-order valence-corrected chi connectivity index (χ0v) is 10.4. The second-order valence-electron chi connectivity index (χ2n) is 4.32. The number of carbonyl (C=O) groups excluding carboxylic acids is 1. The van der Waals surface area contributed by atoms with Crippen molar-refractivity contribution < 1.29 is 9.18 Å². The van der Waals surface area contributed by atoms with Crippen LogP contribution in [-0.2, 0) is 0 Å². The van der Waals surface area contributed by atoms with E-state index in [1.165, 1.54) is 6.07 Å². The number of nitrogens with zero attached hydrogens (tertiary/aromatic N) is 1. The zero-order valence-electron chi connectivity index (χ0n) is 10.4. The molecule has 0 saturated heterocycles. The summed E-state index contributed by atoms with van der Waals surface area (Å²) in [5.74, 6) is -0.574. The topological polar surface area (TPSA) is 83.8 Å². The Hall–Kier alpha value is -2.89. The van der Waals surface area contributed by atoms with Gasteiger partial charge < -0.3 is 11.1 Å². The summed E-state index contributed by atoms with van der Waals surface area (Å²) in [5, 5.41) is 9.52. The number of aromatic nitrogens is 2. The number of benzene rings is 2. The predicted octanol–water partition coefficient (Wildman–Crippen LogP) is 2.54. The summed E-state index contributed by atoms with van der Waals surface area (Å²) in [5.41, 5.74) is 6.57. The maximum atomic E-state index is 13.7. The maximum Gasteiger partial charge on any atom is 0.256 e. The molecule has 100 valence electrons. The zero-order chi connectivity index (χ0) is 14.1. The molecule has 20 heavy (non-hydrogen) atoms. The number of halogens is 1. The summed E-state index contributed by atoms with van der Waals surface area (Å²) in [7, 11) is 0. The lowest BCUT2D eigenvalue weighted by Crippen LogP contribution is -2.12. The molecule has 1 amide bonds. The SMILES string of the molecule is Nc1cc(F)c2[nH]nc(NC(=O)c3ccccc3)c2c1. The molecule has 1 heterocycles. The van der Waals surface area contributed by atoms with Gasteiger partial charge in [-0.3, -0.25) is 9.89 Å².